The van der Waals surface area contributed by atoms with Crippen LogP contribution in [0.5, 0.6) is 11.5 Å². The monoisotopic (exact) mass is 276 g/mol. The fourth-order valence-corrected chi connectivity index (χ4v) is 2.18. The molecular weight excluding hydrogens is 260 g/mol. The number of rotatable bonds is 3. The van der Waals surface area contributed by atoms with E-state index in [1.165, 1.54) is 0 Å². The summed E-state index contributed by atoms with van der Waals surface area (Å²) in [5.41, 5.74) is 3.31. The Hall–Kier alpha value is -1.88. The molecule has 0 radical (unpaired) electrons. The average Bonchev–Trinajstić information content (AvgIpc) is 2.42. The number of aryl methyl sites for hydroxylation is 2. The van der Waals surface area contributed by atoms with Crippen LogP contribution in [-0.2, 0) is 0 Å². The predicted molar refractivity (Wildman–Crippen MR) is 77.4 cm³/mol. The molecule has 0 amide bonds. The number of hydrogen-bond acceptors (Lipinski definition) is 4. The van der Waals surface area contributed by atoms with Crippen molar-refractivity contribution < 1.29 is 9.47 Å². The SMILES string of the molecule is COc1cccc(OC)c1-c1nc(C)c(C)[nH]c1=S. The molecule has 0 bridgehead atoms. The summed E-state index contributed by atoms with van der Waals surface area (Å²) in [6.45, 7) is 3.88. The van der Waals surface area contributed by atoms with E-state index in [0.29, 0.717) is 21.8 Å². The fourth-order valence-electron chi connectivity index (χ4n) is 1.88. The number of hydrogen-bond donors (Lipinski definition) is 1. The zero-order valence-electron chi connectivity index (χ0n) is 11.4. The van der Waals surface area contributed by atoms with Crippen molar-refractivity contribution in [3.05, 3.63) is 34.2 Å². The number of nitrogens with zero attached hydrogens (tertiary/aromatic N) is 1. The molecule has 0 saturated carbocycles. The molecule has 5 heteroatoms. The van der Waals surface area contributed by atoms with Crippen LogP contribution in [0.4, 0.5) is 0 Å². The Morgan fingerprint density at radius 1 is 1.11 bits per heavy atom. The Kier molecular flexibility index (Phi) is 3.85. The molecule has 2 rings (SSSR count). The molecule has 0 spiro atoms. The molecule has 0 unspecified atom stereocenters. The van der Waals surface area contributed by atoms with Crippen LogP contribution in [0.3, 0.4) is 0 Å². The highest BCUT2D eigenvalue weighted by Gasteiger charge is 2.16. The Morgan fingerprint density at radius 2 is 1.68 bits per heavy atom. The minimum atomic E-state index is 0.575. The Balaban J connectivity index is 2.78. The van der Waals surface area contributed by atoms with E-state index in [1.54, 1.807) is 14.2 Å². The number of H-pyrrole nitrogens is 1. The molecule has 0 aliphatic rings. The van der Waals surface area contributed by atoms with E-state index >= 15 is 0 Å². The predicted octanol–water partition coefficient (Wildman–Crippen LogP) is 3.44. The topological polar surface area (TPSA) is 47.1 Å². The van der Waals surface area contributed by atoms with Gasteiger partial charge in [0.2, 0.25) is 0 Å². The number of ether oxygens (including phenoxy) is 2. The van der Waals surface area contributed by atoms with Crippen LogP contribution in [0.25, 0.3) is 11.3 Å². The van der Waals surface area contributed by atoms with Gasteiger partial charge in [0, 0.05) is 5.69 Å². The lowest BCUT2D eigenvalue weighted by Crippen LogP contribution is -2.00. The van der Waals surface area contributed by atoms with Crippen molar-refractivity contribution in [3.8, 4) is 22.8 Å². The molecule has 100 valence electrons. The molecule has 19 heavy (non-hydrogen) atoms. The van der Waals surface area contributed by atoms with Crippen molar-refractivity contribution in [1.82, 2.24) is 9.97 Å². The van der Waals surface area contributed by atoms with Crippen LogP contribution in [-0.4, -0.2) is 24.2 Å². The summed E-state index contributed by atoms with van der Waals surface area (Å²) in [6.07, 6.45) is 0. The summed E-state index contributed by atoms with van der Waals surface area (Å²) < 4.78 is 11.3. The average molecular weight is 276 g/mol. The van der Waals surface area contributed by atoms with Gasteiger partial charge in [0.1, 0.15) is 21.8 Å². The van der Waals surface area contributed by atoms with Crippen molar-refractivity contribution in [2.24, 2.45) is 0 Å². The third kappa shape index (κ3) is 2.46. The van der Waals surface area contributed by atoms with Crippen LogP contribution < -0.4 is 9.47 Å². The fraction of sp³-hybridized carbons (Fsp3) is 0.286. The highest BCUT2D eigenvalue weighted by atomic mass is 32.1. The van der Waals surface area contributed by atoms with Crippen molar-refractivity contribution >= 4 is 12.2 Å². The van der Waals surface area contributed by atoms with Crippen molar-refractivity contribution in [2.45, 2.75) is 13.8 Å². The van der Waals surface area contributed by atoms with Crippen molar-refractivity contribution in [3.63, 3.8) is 0 Å². The molecule has 0 fully saturated rings. The van der Waals surface area contributed by atoms with Crippen LogP contribution in [0.2, 0.25) is 0 Å². The van der Waals surface area contributed by atoms with Gasteiger partial charge in [-0.15, -0.1) is 0 Å². The zero-order chi connectivity index (χ0) is 14.0. The van der Waals surface area contributed by atoms with Crippen molar-refractivity contribution in [1.29, 1.82) is 0 Å². The lowest BCUT2D eigenvalue weighted by molar-refractivity contribution is 0.397. The third-order valence-electron chi connectivity index (χ3n) is 3.00. The second-order valence-corrected chi connectivity index (χ2v) is 4.57. The van der Waals surface area contributed by atoms with Crippen molar-refractivity contribution in [2.75, 3.05) is 14.2 Å². The quantitative estimate of drug-likeness (QED) is 0.872. The number of nitrogens with one attached hydrogen (secondary N) is 1. The molecule has 4 nitrogen and oxygen atoms in total. The summed E-state index contributed by atoms with van der Waals surface area (Å²) in [7, 11) is 3.23. The van der Waals surface area contributed by atoms with E-state index in [4.69, 9.17) is 21.7 Å². The van der Waals surface area contributed by atoms with E-state index in [1.807, 2.05) is 32.0 Å². The molecule has 1 aromatic heterocycles. The molecule has 0 saturated heterocycles. The van der Waals surface area contributed by atoms with Gasteiger partial charge in [-0.3, -0.25) is 0 Å². The first kappa shape index (κ1) is 13.5. The first-order chi connectivity index (χ1) is 9.08. The molecule has 0 aliphatic carbocycles. The standard InChI is InChI=1S/C14H16N2O2S/c1-8-9(2)16-14(19)13(15-8)12-10(17-3)6-5-7-11(12)18-4/h5-7H,1-4H3,(H,16,19). The number of methoxy groups -OCH3 is 2. The highest BCUT2D eigenvalue weighted by Crippen LogP contribution is 2.37. The van der Waals surface area contributed by atoms with Gasteiger partial charge in [-0.1, -0.05) is 18.3 Å². The van der Waals surface area contributed by atoms with Crippen LogP contribution in [0, 0.1) is 18.5 Å². The first-order valence-electron chi connectivity index (χ1n) is 5.87. The maximum Gasteiger partial charge on any atom is 0.132 e. The van der Waals surface area contributed by atoms with Gasteiger partial charge in [-0.25, -0.2) is 4.98 Å². The molecule has 0 atom stereocenters. The second-order valence-electron chi connectivity index (χ2n) is 4.16. The summed E-state index contributed by atoms with van der Waals surface area (Å²) in [5, 5.41) is 0. The Bertz CT molecular complexity index is 643. The summed E-state index contributed by atoms with van der Waals surface area (Å²) >= 11 is 5.37. The molecule has 2 aromatic rings. The smallest absolute Gasteiger partial charge is 0.132 e. The summed E-state index contributed by atoms with van der Waals surface area (Å²) in [5.74, 6) is 1.38. The van der Waals surface area contributed by atoms with E-state index in [-0.39, 0.29) is 0 Å². The van der Waals surface area contributed by atoms with Gasteiger partial charge in [-0.05, 0) is 26.0 Å². The van der Waals surface area contributed by atoms with Gasteiger partial charge in [-0.2, -0.15) is 0 Å². The van der Waals surface area contributed by atoms with Gasteiger partial charge in [0.25, 0.3) is 0 Å². The van der Waals surface area contributed by atoms with Gasteiger partial charge >= 0.3 is 0 Å². The molecule has 1 N–H and O–H groups in total. The number of benzene rings is 1. The third-order valence-corrected chi connectivity index (χ3v) is 3.30. The maximum absolute atomic E-state index is 5.39. The zero-order valence-corrected chi connectivity index (χ0v) is 12.2. The molecule has 0 aliphatic heterocycles. The lowest BCUT2D eigenvalue weighted by Gasteiger charge is -2.13. The molecule has 1 heterocycles. The highest BCUT2D eigenvalue weighted by molar-refractivity contribution is 7.71. The summed E-state index contributed by atoms with van der Waals surface area (Å²) in [6, 6.07) is 5.60. The largest absolute Gasteiger partial charge is 0.496 e. The van der Waals surface area contributed by atoms with E-state index < -0.39 is 0 Å². The Morgan fingerprint density at radius 3 is 2.21 bits per heavy atom. The van der Waals surface area contributed by atoms with Gasteiger partial charge in [0.15, 0.2) is 0 Å². The van der Waals surface area contributed by atoms with Crippen LogP contribution >= 0.6 is 12.2 Å². The van der Waals surface area contributed by atoms with E-state index in [0.717, 1.165) is 17.0 Å². The normalized spacial score (nSPS) is 10.3. The molecular formula is C14H16N2O2S. The Labute approximate surface area is 117 Å². The van der Waals surface area contributed by atoms with E-state index in [9.17, 15) is 0 Å². The van der Waals surface area contributed by atoms with Gasteiger partial charge in [0.05, 0.1) is 25.5 Å². The lowest BCUT2D eigenvalue weighted by atomic mass is 10.1. The minimum absolute atomic E-state index is 0.575. The number of aromatic amines is 1. The minimum Gasteiger partial charge on any atom is -0.496 e. The first-order valence-corrected chi connectivity index (χ1v) is 6.28. The maximum atomic E-state index is 5.39. The summed E-state index contributed by atoms with van der Waals surface area (Å²) in [4.78, 5) is 7.71. The van der Waals surface area contributed by atoms with Crippen LogP contribution in [0.1, 0.15) is 11.4 Å². The van der Waals surface area contributed by atoms with Gasteiger partial charge < -0.3 is 14.5 Å². The number of aromatic nitrogens is 2. The van der Waals surface area contributed by atoms with E-state index in [2.05, 4.69) is 9.97 Å². The molecule has 1 aromatic carbocycles. The second kappa shape index (κ2) is 5.40. The van der Waals surface area contributed by atoms with Crippen LogP contribution in [0.15, 0.2) is 18.2 Å².